The van der Waals surface area contributed by atoms with Crippen molar-refractivity contribution >= 4 is 12.3 Å². The highest BCUT2D eigenvalue weighted by atomic mass is 16.5. The van der Waals surface area contributed by atoms with Crippen LogP contribution in [-0.4, -0.2) is 35.7 Å². The van der Waals surface area contributed by atoms with E-state index in [0.29, 0.717) is 47.5 Å². The van der Waals surface area contributed by atoms with Crippen molar-refractivity contribution in [2.75, 3.05) is 7.11 Å². The van der Waals surface area contributed by atoms with Gasteiger partial charge in [0, 0.05) is 22.5 Å². The molecule has 31 heavy (non-hydrogen) atoms. The van der Waals surface area contributed by atoms with Crippen LogP contribution in [0.1, 0.15) is 91.6 Å². The molecule has 0 aromatic heterocycles. The maximum atomic E-state index is 12.5. The van der Waals surface area contributed by atoms with Gasteiger partial charge in [-0.15, -0.1) is 0 Å². The molecular formula is C25H32O6. The van der Waals surface area contributed by atoms with Gasteiger partial charge in [-0.2, -0.15) is 0 Å². The second-order valence-corrected chi connectivity index (χ2v) is 11.0. The van der Waals surface area contributed by atoms with E-state index >= 15 is 0 Å². The number of carbonyl (C=O) groups is 2. The Bertz CT molecular complexity index is 996. The number of fused-ring (bicyclic) bond motifs is 5. The molecule has 2 fully saturated rings. The molecule has 2 aliphatic heterocycles. The summed E-state index contributed by atoms with van der Waals surface area (Å²) in [6.45, 7) is 8.74. The second-order valence-electron chi connectivity index (χ2n) is 11.0. The third kappa shape index (κ3) is 2.37. The van der Waals surface area contributed by atoms with Crippen molar-refractivity contribution in [1.29, 1.82) is 0 Å². The predicted molar refractivity (Wildman–Crippen MR) is 114 cm³/mol. The minimum Gasteiger partial charge on any atom is -0.495 e. The van der Waals surface area contributed by atoms with E-state index in [2.05, 4.69) is 27.7 Å². The van der Waals surface area contributed by atoms with Gasteiger partial charge >= 0.3 is 5.97 Å². The molecule has 0 unspecified atom stereocenters. The van der Waals surface area contributed by atoms with Crippen LogP contribution in [0.25, 0.3) is 0 Å². The van der Waals surface area contributed by atoms with E-state index in [4.69, 9.17) is 14.2 Å². The average Bonchev–Trinajstić information content (AvgIpc) is 3.09. The summed E-state index contributed by atoms with van der Waals surface area (Å²) in [7, 11) is 1.54. The van der Waals surface area contributed by atoms with E-state index in [1.165, 1.54) is 0 Å². The molecule has 2 heterocycles. The van der Waals surface area contributed by atoms with Gasteiger partial charge in [0.1, 0.15) is 29.3 Å². The number of methoxy groups -OCH3 is 1. The van der Waals surface area contributed by atoms with Gasteiger partial charge in [-0.1, -0.05) is 27.2 Å². The molecule has 1 N–H and O–H groups in total. The molecule has 6 heteroatoms. The van der Waals surface area contributed by atoms with Crippen LogP contribution in [0.4, 0.5) is 0 Å². The summed E-state index contributed by atoms with van der Waals surface area (Å²) >= 11 is 0. The fourth-order valence-corrected chi connectivity index (χ4v) is 7.50. The first-order chi connectivity index (χ1) is 14.5. The van der Waals surface area contributed by atoms with Crippen LogP contribution in [0.3, 0.4) is 0 Å². The number of carbonyl (C=O) groups excluding carboxylic acids is 2. The van der Waals surface area contributed by atoms with Crippen LogP contribution in [0.2, 0.25) is 0 Å². The molecule has 0 amide bonds. The Kier molecular flexibility index (Phi) is 4.19. The zero-order chi connectivity index (χ0) is 22.4. The Labute approximate surface area is 183 Å². The van der Waals surface area contributed by atoms with Gasteiger partial charge in [0.2, 0.25) is 0 Å². The summed E-state index contributed by atoms with van der Waals surface area (Å²) in [5, 5.41) is 12.1. The summed E-state index contributed by atoms with van der Waals surface area (Å²) in [5.74, 6) is 0.533. The Morgan fingerprint density at radius 1 is 1.10 bits per heavy atom. The van der Waals surface area contributed by atoms with E-state index in [1.54, 1.807) is 7.11 Å². The molecule has 5 rings (SSSR count). The van der Waals surface area contributed by atoms with Crippen LogP contribution < -0.4 is 9.47 Å². The quantitative estimate of drug-likeness (QED) is 0.561. The maximum Gasteiger partial charge on any atom is 0.342 e. The molecule has 2 saturated carbocycles. The smallest absolute Gasteiger partial charge is 0.342 e. The molecule has 1 aromatic carbocycles. The van der Waals surface area contributed by atoms with E-state index in [9.17, 15) is 14.7 Å². The van der Waals surface area contributed by atoms with Gasteiger partial charge in [0.15, 0.2) is 6.29 Å². The van der Waals surface area contributed by atoms with Crippen molar-refractivity contribution in [2.45, 2.75) is 84.0 Å². The monoisotopic (exact) mass is 428 g/mol. The SMILES string of the molecule is COc1c2c(c(C=O)c3c1C(=O)OC3)O[C@]1(C)CC[C@@]3(O)C(C)(C)CCC[C@]3(C)[C@H]1C2. The predicted octanol–water partition coefficient (Wildman–Crippen LogP) is 4.23. The maximum absolute atomic E-state index is 12.5. The average molecular weight is 429 g/mol. The first-order valence-electron chi connectivity index (χ1n) is 11.3. The Morgan fingerprint density at radius 3 is 2.52 bits per heavy atom. The van der Waals surface area contributed by atoms with Crippen molar-refractivity contribution in [1.82, 2.24) is 0 Å². The van der Waals surface area contributed by atoms with Gasteiger partial charge in [-0.3, -0.25) is 4.79 Å². The van der Waals surface area contributed by atoms with Gasteiger partial charge in [-0.05, 0) is 44.4 Å². The molecule has 2 aliphatic carbocycles. The summed E-state index contributed by atoms with van der Waals surface area (Å²) in [5.41, 5.74) is 0.171. The molecule has 4 aliphatic rings. The van der Waals surface area contributed by atoms with Crippen molar-refractivity contribution in [2.24, 2.45) is 16.7 Å². The lowest BCUT2D eigenvalue weighted by molar-refractivity contribution is -0.263. The lowest BCUT2D eigenvalue weighted by Crippen LogP contribution is -2.70. The summed E-state index contributed by atoms with van der Waals surface area (Å²) in [6.07, 6.45) is 5.70. The lowest BCUT2D eigenvalue weighted by Gasteiger charge is -2.67. The number of cyclic esters (lactones) is 1. The fourth-order valence-electron chi connectivity index (χ4n) is 7.50. The molecule has 168 valence electrons. The summed E-state index contributed by atoms with van der Waals surface area (Å²) in [4.78, 5) is 24.6. The zero-order valence-corrected chi connectivity index (χ0v) is 19.1. The lowest BCUT2D eigenvalue weighted by atomic mass is 9.42. The van der Waals surface area contributed by atoms with Crippen molar-refractivity contribution in [3.8, 4) is 11.5 Å². The highest BCUT2D eigenvalue weighted by Gasteiger charge is 2.68. The Hall–Kier alpha value is -2.08. The van der Waals surface area contributed by atoms with Gasteiger partial charge in [0.05, 0.1) is 18.3 Å². The van der Waals surface area contributed by atoms with Crippen LogP contribution in [0.5, 0.6) is 11.5 Å². The van der Waals surface area contributed by atoms with E-state index in [1.807, 2.05) is 0 Å². The van der Waals surface area contributed by atoms with Crippen LogP contribution in [-0.2, 0) is 17.8 Å². The van der Waals surface area contributed by atoms with Crippen molar-refractivity contribution in [3.63, 3.8) is 0 Å². The number of benzene rings is 1. The van der Waals surface area contributed by atoms with E-state index in [-0.39, 0.29) is 23.4 Å². The number of aliphatic hydroxyl groups is 1. The largest absolute Gasteiger partial charge is 0.495 e. The first-order valence-corrected chi connectivity index (χ1v) is 11.3. The highest BCUT2D eigenvalue weighted by molar-refractivity contribution is 6.01. The van der Waals surface area contributed by atoms with Crippen molar-refractivity contribution < 1.29 is 28.9 Å². The first kappa shape index (κ1) is 20.8. The zero-order valence-electron chi connectivity index (χ0n) is 19.1. The fraction of sp³-hybridized carbons (Fsp3) is 0.680. The number of ether oxygens (including phenoxy) is 3. The van der Waals surface area contributed by atoms with E-state index < -0.39 is 17.2 Å². The Morgan fingerprint density at radius 2 is 1.84 bits per heavy atom. The minimum atomic E-state index is -0.806. The number of aldehydes is 1. The second kappa shape index (κ2) is 6.25. The highest BCUT2D eigenvalue weighted by Crippen LogP contribution is 2.67. The minimum absolute atomic E-state index is 0.0229. The van der Waals surface area contributed by atoms with Crippen LogP contribution in [0, 0.1) is 16.7 Å². The molecule has 0 bridgehead atoms. The third-order valence-electron chi connectivity index (χ3n) is 9.32. The molecule has 0 spiro atoms. The number of hydrogen-bond acceptors (Lipinski definition) is 6. The molecule has 0 radical (unpaired) electrons. The standard InChI is InChI=1S/C25H32O6/c1-22(2)7-6-8-23(3)17-11-14-19(31-24(17,4)9-10-25(22,23)28)15(12-26)16-13-30-21(27)18(16)20(14)29-5/h12,17,28H,6-11,13H2,1-5H3/t17-,23-,24-,25-/m1/s1. The molecule has 4 atom stereocenters. The van der Waals surface area contributed by atoms with Gasteiger partial charge in [0.25, 0.3) is 0 Å². The molecule has 1 aromatic rings. The number of esters is 1. The van der Waals surface area contributed by atoms with Gasteiger partial charge in [-0.25, -0.2) is 4.79 Å². The number of rotatable bonds is 2. The van der Waals surface area contributed by atoms with E-state index in [0.717, 1.165) is 31.1 Å². The van der Waals surface area contributed by atoms with Crippen LogP contribution >= 0.6 is 0 Å². The van der Waals surface area contributed by atoms with Crippen LogP contribution in [0.15, 0.2) is 0 Å². The molecule has 6 nitrogen and oxygen atoms in total. The normalized spacial score (nSPS) is 37.5. The topological polar surface area (TPSA) is 82.1 Å². The summed E-state index contributed by atoms with van der Waals surface area (Å²) in [6, 6.07) is 0. The number of hydrogen-bond donors (Lipinski definition) is 1. The molecule has 0 saturated heterocycles. The van der Waals surface area contributed by atoms with Gasteiger partial charge < -0.3 is 19.3 Å². The molecular weight excluding hydrogens is 396 g/mol. The van der Waals surface area contributed by atoms with Crippen molar-refractivity contribution in [3.05, 3.63) is 22.3 Å². The third-order valence-corrected chi connectivity index (χ3v) is 9.32. The summed E-state index contributed by atoms with van der Waals surface area (Å²) < 4.78 is 17.6. The Balaban J connectivity index is 1.72.